The molecule has 23 heavy (non-hydrogen) atoms. The van der Waals surface area contributed by atoms with E-state index in [1.54, 1.807) is 0 Å². The van der Waals surface area contributed by atoms with Crippen molar-refractivity contribution in [3.05, 3.63) is 27.0 Å². The molecule has 1 saturated heterocycles. The molecule has 10 heteroatoms. The summed E-state index contributed by atoms with van der Waals surface area (Å²) >= 11 is 0. The second-order valence-electron chi connectivity index (χ2n) is 5.68. The summed E-state index contributed by atoms with van der Waals surface area (Å²) in [4.78, 5) is 23.5. The van der Waals surface area contributed by atoms with Gasteiger partial charge in [-0.15, -0.1) is 12.4 Å². The van der Waals surface area contributed by atoms with Crippen molar-refractivity contribution in [1.82, 2.24) is 18.8 Å². The average Bonchev–Trinajstić information content (AvgIpc) is 2.49. The zero-order valence-electron chi connectivity index (χ0n) is 13.5. The van der Waals surface area contributed by atoms with Gasteiger partial charge >= 0.3 is 5.69 Å². The third-order valence-electron chi connectivity index (χ3n) is 4.01. The number of aromatic nitrogens is 2. The number of hydrogen-bond acceptors (Lipinski definition) is 5. The smallest absolute Gasteiger partial charge is 0.319 e. The minimum Gasteiger partial charge on any atom is -0.319 e. The lowest BCUT2D eigenvalue weighted by atomic mass is 10.00. The molecule has 0 spiro atoms. The van der Waals surface area contributed by atoms with Crippen LogP contribution in [0, 0.1) is 5.92 Å². The van der Waals surface area contributed by atoms with Crippen LogP contribution in [0.3, 0.4) is 0 Å². The predicted octanol–water partition coefficient (Wildman–Crippen LogP) is -0.874. The summed E-state index contributed by atoms with van der Waals surface area (Å²) in [6.07, 6.45) is 2.83. The highest BCUT2D eigenvalue weighted by molar-refractivity contribution is 7.89. The highest BCUT2D eigenvalue weighted by atomic mass is 35.5. The lowest BCUT2D eigenvalue weighted by Gasteiger charge is -2.31. The zero-order chi connectivity index (χ0) is 16.5. The van der Waals surface area contributed by atoms with Gasteiger partial charge in [-0.05, 0) is 32.4 Å². The summed E-state index contributed by atoms with van der Waals surface area (Å²) in [6, 6.07) is 0. The molecule has 2 rings (SSSR count). The number of nitrogens with one attached hydrogen (secondary N) is 1. The Kier molecular flexibility index (Phi) is 6.58. The van der Waals surface area contributed by atoms with E-state index in [1.807, 2.05) is 7.05 Å². The highest BCUT2D eigenvalue weighted by Crippen LogP contribution is 2.21. The van der Waals surface area contributed by atoms with Crippen LogP contribution in [0.15, 0.2) is 20.7 Å². The van der Waals surface area contributed by atoms with Gasteiger partial charge < -0.3 is 9.88 Å². The molecule has 0 aliphatic carbocycles. The number of halogens is 1. The second kappa shape index (κ2) is 7.61. The number of nitrogens with zero attached hydrogens (tertiary/aromatic N) is 3. The maximum Gasteiger partial charge on any atom is 0.330 e. The molecular formula is C13H23ClN4O4S. The van der Waals surface area contributed by atoms with Crippen molar-refractivity contribution >= 4 is 22.4 Å². The average molecular weight is 367 g/mol. The van der Waals surface area contributed by atoms with E-state index in [9.17, 15) is 18.0 Å². The third kappa shape index (κ3) is 3.85. The molecule has 1 aromatic heterocycles. The van der Waals surface area contributed by atoms with Crippen LogP contribution < -0.4 is 16.6 Å². The maximum absolute atomic E-state index is 12.8. The van der Waals surface area contributed by atoms with E-state index in [0.717, 1.165) is 34.7 Å². The van der Waals surface area contributed by atoms with Crippen LogP contribution >= 0.6 is 12.4 Å². The first-order chi connectivity index (χ1) is 10.3. The molecule has 0 bridgehead atoms. The number of rotatable bonds is 4. The van der Waals surface area contributed by atoms with Gasteiger partial charge in [0.25, 0.3) is 5.56 Å². The normalized spacial score (nSPS) is 19.3. The van der Waals surface area contributed by atoms with Gasteiger partial charge in [0.1, 0.15) is 0 Å². The van der Waals surface area contributed by atoms with Crippen LogP contribution in [-0.2, 0) is 24.1 Å². The summed E-state index contributed by atoms with van der Waals surface area (Å²) in [5, 5.41) is 3.05. The molecule has 1 aromatic rings. The minimum absolute atomic E-state index is 0. The molecule has 0 radical (unpaired) electrons. The molecular weight excluding hydrogens is 344 g/mol. The van der Waals surface area contributed by atoms with E-state index in [-0.39, 0.29) is 23.2 Å². The fourth-order valence-electron chi connectivity index (χ4n) is 2.79. The van der Waals surface area contributed by atoms with E-state index in [4.69, 9.17) is 0 Å². The Morgan fingerprint density at radius 2 is 1.96 bits per heavy atom. The lowest BCUT2D eigenvalue weighted by Crippen LogP contribution is -2.46. The molecule has 1 aliphatic rings. The number of hydrogen-bond donors (Lipinski definition) is 1. The summed E-state index contributed by atoms with van der Waals surface area (Å²) in [7, 11) is 0.649. The van der Waals surface area contributed by atoms with Crippen LogP contribution in [0.25, 0.3) is 0 Å². The molecule has 132 valence electrons. The number of sulfonamides is 1. The minimum atomic E-state index is -3.89. The van der Waals surface area contributed by atoms with Gasteiger partial charge in [0, 0.05) is 33.4 Å². The van der Waals surface area contributed by atoms with Crippen molar-refractivity contribution < 1.29 is 8.42 Å². The van der Waals surface area contributed by atoms with Gasteiger partial charge in [0.15, 0.2) is 4.90 Å². The first-order valence-electron chi connectivity index (χ1n) is 7.20. The number of piperidine rings is 1. The first-order valence-corrected chi connectivity index (χ1v) is 8.64. The van der Waals surface area contributed by atoms with Gasteiger partial charge in [-0.2, -0.15) is 4.31 Å². The molecule has 0 aromatic carbocycles. The van der Waals surface area contributed by atoms with Crippen LogP contribution in [0.4, 0.5) is 0 Å². The Labute approximate surface area is 141 Å². The fraction of sp³-hybridized carbons (Fsp3) is 0.692. The maximum atomic E-state index is 12.8. The molecule has 1 fully saturated rings. The Morgan fingerprint density at radius 1 is 1.30 bits per heavy atom. The summed E-state index contributed by atoms with van der Waals surface area (Å²) in [6.45, 7) is 1.51. The standard InChI is InChI=1S/C13H22N4O4S.ClH/c1-14-7-10-5-4-6-17(8-10)22(20,21)11-9-15(2)13(19)16(3)12(11)18;/h9-10,14H,4-8H2,1-3H3;1H. The summed E-state index contributed by atoms with van der Waals surface area (Å²) in [5.74, 6) is 0.227. The summed E-state index contributed by atoms with van der Waals surface area (Å²) in [5.41, 5.74) is -1.32. The van der Waals surface area contributed by atoms with E-state index in [0.29, 0.717) is 13.1 Å². The van der Waals surface area contributed by atoms with Gasteiger partial charge in [-0.1, -0.05) is 0 Å². The zero-order valence-corrected chi connectivity index (χ0v) is 15.1. The van der Waals surface area contributed by atoms with E-state index in [2.05, 4.69) is 5.32 Å². The quantitative estimate of drug-likeness (QED) is 0.747. The van der Waals surface area contributed by atoms with Gasteiger partial charge in [-0.25, -0.2) is 13.2 Å². The van der Waals surface area contributed by atoms with Crippen LogP contribution in [0.5, 0.6) is 0 Å². The molecule has 1 N–H and O–H groups in total. The Hall–Kier alpha value is -1.16. The van der Waals surface area contributed by atoms with E-state index >= 15 is 0 Å². The fourth-order valence-corrected chi connectivity index (χ4v) is 4.50. The molecule has 1 unspecified atom stereocenters. The van der Waals surface area contributed by atoms with Gasteiger partial charge in [-0.3, -0.25) is 9.36 Å². The Balaban J connectivity index is 0.00000264. The second-order valence-corrected chi connectivity index (χ2v) is 7.59. The predicted molar refractivity (Wildman–Crippen MR) is 89.6 cm³/mol. The molecule has 0 saturated carbocycles. The highest BCUT2D eigenvalue weighted by Gasteiger charge is 2.32. The van der Waals surface area contributed by atoms with E-state index < -0.39 is 21.3 Å². The van der Waals surface area contributed by atoms with Crippen molar-refractivity contribution in [3.8, 4) is 0 Å². The number of aryl methyl sites for hydroxylation is 1. The van der Waals surface area contributed by atoms with Crippen LogP contribution in [0.1, 0.15) is 12.8 Å². The van der Waals surface area contributed by atoms with Gasteiger partial charge in [0.05, 0.1) is 0 Å². The molecule has 2 heterocycles. The largest absolute Gasteiger partial charge is 0.330 e. The van der Waals surface area contributed by atoms with Crippen LogP contribution in [0.2, 0.25) is 0 Å². The van der Waals surface area contributed by atoms with Crippen molar-refractivity contribution in [2.24, 2.45) is 20.0 Å². The van der Waals surface area contributed by atoms with Gasteiger partial charge in [0.2, 0.25) is 10.0 Å². The third-order valence-corrected chi connectivity index (χ3v) is 5.85. The van der Waals surface area contributed by atoms with Crippen molar-refractivity contribution in [2.45, 2.75) is 17.7 Å². The lowest BCUT2D eigenvalue weighted by molar-refractivity contribution is 0.263. The Bertz CT molecular complexity index is 769. The van der Waals surface area contributed by atoms with Crippen molar-refractivity contribution in [3.63, 3.8) is 0 Å². The topological polar surface area (TPSA) is 93.4 Å². The van der Waals surface area contributed by atoms with Crippen molar-refractivity contribution in [1.29, 1.82) is 0 Å². The summed E-state index contributed by atoms with van der Waals surface area (Å²) < 4.78 is 28.8. The first kappa shape index (κ1) is 19.9. The molecule has 0 amide bonds. The van der Waals surface area contributed by atoms with Crippen molar-refractivity contribution in [2.75, 3.05) is 26.7 Å². The Morgan fingerprint density at radius 3 is 2.57 bits per heavy atom. The molecule has 1 atom stereocenters. The SMILES string of the molecule is CNCC1CCCN(S(=O)(=O)c2cn(C)c(=O)n(C)c2=O)C1.Cl. The monoisotopic (exact) mass is 366 g/mol. The van der Waals surface area contributed by atoms with Crippen LogP contribution in [-0.4, -0.2) is 48.5 Å². The molecule has 8 nitrogen and oxygen atoms in total. The molecule has 1 aliphatic heterocycles. The van der Waals surface area contributed by atoms with E-state index in [1.165, 1.54) is 18.4 Å².